The van der Waals surface area contributed by atoms with Gasteiger partial charge in [0.15, 0.2) is 5.78 Å². The van der Waals surface area contributed by atoms with Gasteiger partial charge in [0.05, 0.1) is 18.8 Å². The van der Waals surface area contributed by atoms with Crippen LogP contribution in [0.2, 0.25) is 0 Å². The van der Waals surface area contributed by atoms with E-state index in [9.17, 15) is 30.0 Å². The molecular weight excluding hydrogens is 352 g/mol. The van der Waals surface area contributed by atoms with Crippen molar-refractivity contribution in [3.05, 3.63) is 11.6 Å². The second-order valence-corrected chi connectivity index (χ2v) is 9.20. The summed E-state index contributed by atoms with van der Waals surface area (Å²) in [6.07, 6.45) is -2.32. The van der Waals surface area contributed by atoms with E-state index >= 15 is 0 Å². The first-order valence-corrected chi connectivity index (χ1v) is 9.67. The monoisotopic (exact) mass is 380 g/mol. The van der Waals surface area contributed by atoms with Crippen molar-refractivity contribution in [2.45, 2.75) is 58.0 Å². The predicted molar refractivity (Wildman–Crippen MR) is 93.2 cm³/mol. The third-order valence-corrected chi connectivity index (χ3v) is 8.24. The fourth-order valence-electron chi connectivity index (χ4n) is 6.95. The molecule has 7 nitrogen and oxygen atoms in total. The molecular formula is C20H28O7. The molecule has 0 spiro atoms. The van der Waals surface area contributed by atoms with E-state index in [2.05, 4.69) is 0 Å². The van der Waals surface area contributed by atoms with Gasteiger partial charge in [-0.2, -0.15) is 0 Å². The van der Waals surface area contributed by atoms with E-state index in [1.54, 1.807) is 19.9 Å². The fraction of sp³-hybridized carbons (Fsp3) is 0.800. The summed E-state index contributed by atoms with van der Waals surface area (Å²) in [7, 11) is 0. The van der Waals surface area contributed by atoms with E-state index in [1.165, 1.54) is 0 Å². The molecule has 7 heteroatoms. The Morgan fingerprint density at radius 1 is 1.26 bits per heavy atom. The van der Waals surface area contributed by atoms with Crippen molar-refractivity contribution in [1.29, 1.82) is 0 Å². The molecule has 0 aromatic carbocycles. The molecule has 1 saturated heterocycles. The largest absolute Gasteiger partial charge is 0.462 e. The topological polar surface area (TPSA) is 124 Å². The molecule has 150 valence electrons. The minimum atomic E-state index is -1.28. The average molecular weight is 380 g/mol. The van der Waals surface area contributed by atoms with Crippen molar-refractivity contribution >= 4 is 11.8 Å². The molecule has 0 aromatic heterocycles. The van der Waals surface area contributed by atoms with Crippen molar-refractivity contribution in [2.24, 2.45) is 34.5 Å². The molecule has 0 bridgehead atoms. The SMILES string of the molecule is CC1=C[C@H](O)[C@H](O)[C@@]2(C)[C@H]1C[C@@H]1OC(=O)C[C@@H]3[C@@H](C)[C@@H](O)C(=O)[C@@H]2[C@@]13CO. The molecule has 3 fully saturated rings. The zero-order valence-electron chi connectivity index (χ0n) is 15.8. The van der Waals surface area contributed by atoms with Gasteiger partial charge in [0, 0.05) is 23.2 Å². The van der Waals surface area contributed by atoms with E-state index in [0.29, 0.717) is 6.42 Å². The molecule has 4 aliphatic rings. The van der Waals surface area contributed by atoms with Crippen molar-refractivity contribution < 1.29 is 34.8 Å². The van der Waals surface area contributed by atoms with Gasteiger partial charge in [-0.25, -0.2) is 0 Å². The first-order valence-electron chi connectivity index (χ1n) is 9.67. The van der Waals surface area contributed by atoms with Crippen LogP contribution in [0.25, 0.3) is 0 Å². The number of ketones is 1. The van der Waals surface area contributed by atoms with Crippen LogP contribution in [0, 0.1) is 34.5 Å². The Hall–Kier alpha value is -1.28. The number of aliphatic hydroxyl groups excluding tert-OH is 4. The second-order valence-electron chi connectivity index (χ2n) is 9.20. The Morgan fingerprint density at radius 3 is 2.56 bits per heavy atom. The molecule has 0 amide bonds. The summed E-state index contributed by atoms with van der Waals surface area (Å²) in [5.74, 6) is -2.98. The maximum atomic E-state index is 13.4. The van der Waals surface area contributed by atoms with E-state index in [0.717, 1.165) is 5.57 Å². The molecule has 4 N–H and O–H groups in total. The number of ether oxygens (including phenoxy) is 1. The molecule has 10 atom stereocenters. The maximum Gasteiger partial charge on any atom is 0.306 e. The minimum Gasteiger partial charge on any atom is -0.462 e. The first-order chi connectivity index (χ1) is 12.6. The number of fused-ring (bicyclic) bond motifs is 2. The van der Waals surface area contributed by atoms with Crippen LogP contribution in [0.1, 0.15) is 33.6 Å². The quantitative estimate of drug-likeness (QED) is 0.367. The van der Waals surface area contributed by atoms with Crippen molar-refractivity contribution in [3.8, 4) is 0 Å². The zero-order valence-corrected chi connectivity index (χ0v) is 15.8. The highest BCUT2D eigenvalue weighted by Gasteiger charge is 2.74. The number of aliphatic hydroxyl groups is 4. The Balaban J connectivity index is 1.97. The smallest absolute Gasteiger partial charge is 0.306 e. The van der Waals surface area contributed by atoms with Gasteiger partial charge in [0.1, 0.15) is 12.2 Å². The number of rotatable bonds is 1. The Labute approximate surface area is 158 Å². The molecule has 0 radical (unpaired) electrons. The average Bonchev–Trinajstić information content (AvgIpc) is 2.62. The van der Waals surface area contributed by atoms with E-state index < -0.39 is 58.8 Å². The highest BCUT2D eigenvalue weighted by molar-refractivity contribution is 5.89. The molecule has 0 aromatic rings. The Morgan fingerprint density at radius 2 is 1.93 bits per heavy atom. The third kappa shape index (κ3) is 2.11. The van der Waals surface area contributed by atoms with Crippen molar-refractivity contribution in [2.75, 3.05) is 6.61 Å². The molecule has 4 rings (SSSR count). The van der Waals surface area contributed by atoms with Crippen LogP contribution in [-0.2, 0) is 14.3 Å². The summed E-state index contributed by atoms with van der Waals surface area (Å²) < 4.78 is 5.65. The summed E-state index contributed by atoms with van der Waals surface area (Å²) in [4.78, 5) is 25.6. The van der Waals surface area contributed by atoms with Crippen LogP contribution in [0.15, 0.2) is 11.6 Å². The highest BCUT2D eigenvalue weighted by atomic mass is 16.5. The summed E-state index contributed by atoms with van der Waals surface area (Å²) >= 11 is 0. The van der Waals surface area contributed by atoms with Gasteiger partial charge >= 0.3 is 5.97 Å². The normalized spacial score (nSPS) is 54.6. The molecule has 27 heavy (non-hydrogen) atoms. The Bertz CT molecular complexity index is 717. The van der Waals surface area contributed by atoms with Crippen LogP contribution < -0.4 is 0 Å². The van der Waals surface area contributed by atoms with E-state index in [4.69, 9.17) is 4.74 Å². The maximum absolute atomic E-state index is 13.4. The number of carbonyl (C=O) groups is 2. The van der Waals surface area contributed by atoms with Crippen molar-refractivity contribution in [1.82, 2.24) is 0 Å². The zero-order chi connectivity index (χ0) is 19.9. The van der Waals surface area contributed by atoms with Crippen LogP contribution in [0.5, 0.6) is 0 Å². The highest BCUT2D eigenvalue weighted by Crippen LogP contribution is 2.67. The Kier molecular flexibility index (Phi) is 4.14. The number of hydrogen-bond acceptors (Lipinski definition) is 7. The summed E-state index contributed by atoms with van der Waals surface area (Å²) in [5.41, 5.74) is -1.31. The second kappa shape index (κ2) is 5.86. The number of esters is 1. The lowest BCUT2D eigenvalue weighted by atomic mass is 9.38. The number of carbonyl (C=O) groups excluding carboxylic acids is 2. The predicted octanol–water partition coefficient (Wildman–Crippen LogP) is -0.199. The van der Waals surface area contributed by atoms with Gasteiger partial charge in [0.2, 0.25) is 0 Å². The lowest BCUT2D eigenvalue weighted by molar-refractivity contribution is -0.267. The van der Waals surface area contributed by atoms with E-state index in [1.807, 2.05) is 6.92 Å². The third-order valence-electron chi connectivity index (χ3n) is 8.24. The van der Waals surface area contributed by atoms with E-state index in [-0.39, 0.29) is 24.9 Å². The molecule has 2 saturated carbocycles. The van der Waals surface area contributed by atoms with Crippen LogP contribution in [-0.4, -0.2) is 63.2 Å². The summed E-state index contributed by atoms with van der Waals surface area (Å²) in [6.45, 7) is 4.94. The standard InChI is InChI=1S/C20H28O7/c1-8-4-12(22)18(26)19(3)10(8)5-13-20(7-21)11(6-14(23)27-13)9(2)15(24)16(25)17(19)20/h4,9-13,15,17-18,21-22,24,26H,5-7H2,1-3H3/t9-,10+,11-,12+,13+,15-,17+,18+,19+,20-/m1/s1. The minimum absolute atomic E-state index is 0.0211. The number of hydrogen-bond donors (Lipinski definition) is 4. The number of allylic oxidation sites excluding steroid dienone is 1. The molecule has 1 aliphatic heterocycles. The lowest BCUT2D eigenvalue weighted by Crippen LogP contribution is -2.75. The van der Waals surface area contributed by atoms with Crippen LogP contribution in [0.3, 0.4) is 0 Å². The van der Waals surface area contributed by atoms with Crippen molar-refractivity contribution in [3.63, 3.8) is 0 Å². The summed E-state index contributed by atoms with van der Waals surface area (Å²) in [5, 5.41) is 42.6. The van der Waals surface area contributed by atoms with Gasteiger partial charge in [-0.05, 0) is 31.1 Å². The van der Waals surface area contributed by atoms with Crippen LogP contribution >= 0.6 is 0 Å². The lowest BCUT2D eigenvalue weighted by Gasteiger charge is -2.67. The molecule has 1 heterocycles. The fourth-order valence-corrected chi connectivity index (χ4v) is 6.95. The van der Waals surface area contributed by atoms with Gasteiger partial charge in [0.25, 0.3) is 0 Å². The molecule has 3 aliphatic carbocycles. The first kappa shape index (κ1) is 19.1. The van der Waals surface area contributed by atoms with Gasteiger partial charge < -0.3 is 25.2 Å². The van der Waals surface area contributed by atoms with Crippen LogP contribution in [0.4, 0.5) is 0 Å². The van der Waals surface area contributed by atoms with Gasteiger partial charge in [-0.3, -0.25) is 9.59 Å². The molecule has 0 unspecified atom stereocenters. The van der Waals surface area contributed by atoms with Gasteiger partial charge in [-0.1, -0.05) is 25.5 Å². The summed E-state index contributed by atoms with van der Waals surface area (Å²) in [6, 6.07) is 0. The van der Waals surface area contributed by atoms with Gasteiger partial charge in [-0.15, -0.1) is 0 Å². The number of Topliss-reactive ketones (excluding diaryl/α,β-unsaturated/α-hetero) is 1.